The summed E-state index contributed by atoms with van der Waals surface area (Å²) in [5.74, 6) is 0.635. The number of pyridine rings is 2. The van der Waals surface area contributed by atoms with Crippen LogP contribution < -0.4 is 5.73 Å². The van der Waals surface area contributed by atoms with Crippen LogP contribution in [0, 0.1) is 10.1 Å². The zero-order valence-corrected chi connectivity index (χ0v) is 12.9. The highest BCUT2D eigenvalue weighted by Crippen LogP contribution is 2.28. The van der Waals surface area contributed by atoms with Crippen LogP contribution in [-0.2, 0) is 0 Å². The van der Waals surface area contributed by atoms with Crippen molar-refractivity contribution in [2.75, 3.05) is 5.73 Å². The SMILES string of the molecule is Nc1nc(-c2ccc3nc(-c4ccncc4)[nH]c3c2)ccc1[N+](=O)[O-]. The van der Waals surface area contributed by atoms with E-state index in [-0.39, 0.29) is 11.5 Å². The van der Waals surface area contributed by atoms with E-state index in [9.17, 15) is 10.1 Å². The molecule has 0 spiro atoms. The zero-order valence-electron chi connectivity index (χ0n) is 12.9. The second kappa shape index (κ2) is 5.68. The third kappa shape index (κ3) is 2.65. The molecule has 122 valence electrons. The summed E-state index contributed by atoms with van der Waals surface area (Å²) in [6.45, 7) is 0. The second-order valence-corrected chi connectivity index (χ2v) is 5.41. The summed E-state index contributed by atoms with van der Waals surface area (Å²) in [5, 5.41) is 10.8. The normalized spacial score (nSPS) is 10.9. The lowest BCUT2D eigenvalue weighted by atomic mass is 10.1. The first-order chi connectivity index (χ1) is 12.1. The molecule has 0 radical (unpaired) electrons. The van der Waals surface area contributed by atoms with E-state index in [4.69, 9.17) is 5.73 Å². The van der Waals surface area contributed by atoms with Gasteiger partial charge in [-0.1, -0.05) is 6.07 Å². The number of benzene rings is 1. The van der Waals surface area contributed by atoms with Gasteiger partial charge < -0.3 is 10.7 Å². The van der Waals surface area contributed by atoms with Gasteiger partial charge in [-0.2, -0.15) is 0 Å². The van der Waals surface area contributed by atoms with E-state index in [2.05, 4.69) is 19.9 Å². The first-order valence-corrected chi connectivity index (χ1v) is 7.43. The molecule has 4 aromatic rings. The van der Waals surface area contributed by atoms with Gasteiger partial charge in [0.2, 0.25) is 5.82 Å². The van der Waals surface area contributed by atoms with Crippen LogP contribution in [0.2, 0.25) is 0 Å². The van der Waals surface area contributed by atoms with Gasteiger partial charge in [-0.05, 0) is 30.3 Å². The fourth-order valence-electron chi connectivity index (χ4n) is 2.60. The molecule has 4 rings (SSSR count). The predicted octanol–water partition coefficient (Wildman–Crippen LogP) is 3.18. The van der Waals surface area contributed by atoms with Crippen LogP contribution >= 0.6 is 0 Å². The van der Waals surface area contributed by atoms with Crippen LogP contribution in [0.1, 0.15) is 0 Å². The van der Waals surface area contributed by atoms with Crippen molar-refractivity contribution in [1.29, 1.82) is 0 Å². The Morgan fingerprint density at radius 3 is 2.52 bits per heavy atom. The topological polar surface area (TPSA) is 124 Å². The molecule has 0 fully saturated rings. The van der Waals surface area contributed by atoms with Crippen LogP contribution in [0.25, 0.3) is 33.7 Å². The summed E-state index contributed by atoms with van der Waals surface area (Å²) >= 11 is 0. The van der Waals surface area contributed by atoms with Crippen molar-refractivity contribution in [2.45, 2.75) is 0 Å². The Balaban J connectivity index is 1.77. The molecule has 8 nitrogen and oxygen atoms in total. The minimum atomic E-state index is -0.550. The Bertz CT molecular complexity index is 1090. The Morgan fingerprint density at radius 2 is 1.80 bits per heavy atom. The lowest BCUT2D eigenvalue weighted by molar-refractivity contribution is -0.384. The first-order valence-electron chi connectivity index (χ1n) is 7.43. The maximum atomic E-state index is 10.8. The van der Waals surface area contributed by atoms with Crippen LogP contribution in [0.15, 0.2) is 54.9 Å². The van der Waals surface area contributed by atoms with Crippen molar-refractivity contribution in [3.8, 4) is 22.6 Å². The third-order valence-electron chi connectivity index (χ3n) is 3.83. The molecule has 0 bridgehead atoms. The van der Waals surface area contributed by atoms with Gasteiger partial charge in [-0.25, -0.2) is 9.97 Å². The molecule has 0 amide bonds. The van der Waals surface area contributed by atoms with E-state index < -0.39 is 4.92 Å². The molecular formula is C17H12N6O2. The highest BCUT2D eigenvalue weighted by atomic mass is 16.6. The Labute approximate surface area is 141 Å². The third-order valence-corrected chi connectivity index (χ3v) is 3.83. The largest absolute Gasteiger partial charge is 0.378 e. The van der Waals surface area contributed by atoms with Crippen molar-refractivity contribution >= 4 is 22.5 Å². The standard InChI is InChI=1S/C17H12N6O2/c18-16-15(23(24)25)4-3-12(20-16)11-1-2-13-14(9-11)22-17(21-13)10-5-7-19-8-6-10/h1-9H,(H2,18,20)(H,21,22). The van der Waals surface area contributed by atoms with Gasteiger partial charge in [0.15, 0.2) is 0 Å². The van der Waals surface area contributed by atoms with E-state index in [1.807, 2.05) is 30.3 Å². The van der Waals surface area contributed by atoms with E-state index in [0.717, 1.165) is 28.0 Å². The van der Waals surface area contributed by atoms with E-state index in [0.29, 0.717) is 5.69 Å². The fraction of sp³-hybridized carbons (Fsp3) is 0. The molecule has 0 saturated heterocycles. The van der Waals surface area contributed by atoms with Gasteiger partial charge in [0, 0.05) is 29.6 Å². The number of fused-ring (bicyclic) bond motifs is 1. The number of imidazole rings is 1. The molecule has 0 aliphatic heterocycles. The smallest absolute Gasteiger partial charge is 0.311 e. The van der Waals surface area contributed by atoms with Crippen molar-refractivity contribution in [1.82, 2.24) is 19.9 Å². The molecule has 0 saturated carbocycles. The quantitative estimate of drug-likeness (QED) is 0.438. The zero-order chi connectivity index (χ0) is 17.4. The highest BCUT2D eigenvalue weighted by Gasteiger charge is 2.14. The number of anilines is 1. The lowest BCUT2D eigenvalue weighted by Gasteiger charge is -2.02. The minimum Gasteiger partial charge on any atom is -0.378 e. The molecule has 1 aromatic carbocycles. The number of nitrogens with two attached hydrogens (primary N) is 1. The molecule has 3 N–H and O–H groups in total. The number of nitrogens with zero attached hydrogens (tertiary/aromatic N) is 4. The number of aromatic amines is 1. The number of aromatic nitrogens is 4. The van der Waals surface area contributed by atoms with Crippen LogP contribution in [0.3, 0.4) is 0 Å². The van der Waals surface area contributed by atoms with Gasteiger partial charge in [-0.15, -0.1) is 0 Å². The summed E-state index contributed by atoms with van der Waals surface area (Å²) in [7, 11) is 0. The molecular weight excluding hydrogens is 320 g/mol. The molecule has 3 aromatic heterocycles. The number of H-pyrrole nitrogens is 1. The fourth-order valence-corrected chi connectivity index (χ4v) is 2.60. The Kier molecular flexibility index (Phi) is 3.35. The number of nitrogens with one attached hydrogen (secondary N) is 1. The molecule has 0 unspecified atom stereocenters. The number of hydrogen-bond donors (Lipinski definition) is 2. The molecule has 25 heavy (non-hydrogen) atoms. The minimum absolute atomic E-state index is 0.107. The summed E-state index contributed by atoms with van der Waals surface area (Å²) < 4.78 is 0. The highest BCUT2D eigenvalue weighted by molar-refractivity contribution is 5.84. The van der Waals surface area contributed by atoms with Gasteiger partial charge in [0.1, 0.15) is 5.82 Å². The molecule has 0 atom stereocenters. The Hall–Kier alpha value is -3.81. The maximum absolute atomic E-state index is 10.8. The molecule has 3 heterocycles. The second-order valence-electron chi connectivity index (χ2n) is 5.41. The van der Waals surface area contributed by atoms with Crippen molar-refractivity contribution in [3.05, 3.63) is 65.0 Å². The van der Waals surface area contributed by atoms with Crippen LogP contribution in [-0.4, -0.2) is 24.9 Å². The average molecular weight is 332 g/mol. The summed E-state index contributed by atoms with van der Waals surface area (Å²) in [5.41, 5.74) is 9.40. The summed E-state index contributed by atoms with van der Waals surface area (Å²) in [6, 6.07) is 12.3. The van der Waals surface area contributed by atoms with Crippen molar-refractivity contribution in [3.63, 3.8) is 0 Å². The van der Waals surface area contributed by atoms with Crippen molar-refractivity contribution in [2.24, 2.45) is 0 Å². The maximum Gasteiger partial charge on any atom is 0.311 e. The van der Waals surface area contributed by atoms with E-state index in [1.165, 1.54) is 6.07 Å². The van der Waals surface area contributed by atoms with Gasteiger partial charge in [0.05, 0.1) is 21.7 Å². The molecule has 0 aliphatic rings. The van der Waals surface area contributed by atoms with Crippen molar-refractivity contribution < 1.29 is 4.92 Å². The lowest BCUT2D eigenvalue weighted by Crippen LogP contribution is -1.99. The number of rotatable bonds is 3. The first kappa shape index (κ1) is 14.8. The predicted molar refractivity (Wildman–Crippen MR) is 93.6 cm³/mol. The molecule has 0 aliphatic carbocycles. The average Bonchev–Trinajstić information content (AvgIpc) is 3.05. The van der Waals surface area contributed by atoms with E-state index >= 15 is 0 Å². The monoisotopic (exact) mass is 332 g/mol. The van der Waals surface area contributed by atoms with Gasteiger partial charge >= 0.3 is 5.69 Å². The van der Waals surface area contributed by atoms with Gasteiger partial charge in [-0.3, -0.25) is 15.1 Å². The van der Waals surface area contributed by atoms with E-state index in [1.54, 1.807) is 18.5 Å². The van der Waals surface area contributed by atoms with Crippen LogP contribution in [0.5, 0.6) is 0 Å². The summed E-state index contributed by atoms with van der Waals surface area (Å²) in [6.07, 6.45) is 3.41. The molecule has 8 heteroatoms. The number of hydrogen-bond acceptors (Lipinski definition) is 6. The summed E-state index contributed by atoms with van der Waals surface area (Å²) in [4.78, 5) is 26.2. The Morgan fingerprint density at radius 1 is 1.00 bits per heavy atom. The van der Waals surface area contributed by atoms with Crippen LogP contribution in [0.4, 0.5) is 11.5 Å². The number of nitrogen functional groups attached to an aromatic ring is 1. The number of nitro groups is 1. The van der Waals surface area contributed by atoms with Gasteiger partial charge in [0.25, 0.3) is 0 Å².